The zero-order valence-electron chi connectivity index (χ0n) is 15.0. The molecule has 0 atom stereocenters. The Bertz CT molecular complexity index is 687. The number of carbonyl (C=O) groups excluding carboxylic acids is 1. The molecule has 2 aromatic heterocycles. The van der Waals surface area contributed by atoms with E-state index in [0.29, 0.717) is 18.0 Å². The van der Waals surface area contributed by atoms with Crippen LogP contribution in [-0.2, 0) is 0 Å². The summed E-state index contributed by atoms with van der Waals surface area (Å²) < 4.78 is 4.99. The number of nitrogens with zero attached hydrogens (tertiary/aromatic N) is 5. The average molecular weight is 356 g/mol. The number of rotatable bonds is 7. The minimum absolute atomic E-state index is 0.105. The Hall–Kier alpha value is -2.74. The first kappa shape index (κ1) is 18.1. The number of pyridine rings is 1. The maximum atomic E-state index is 12.1. The highest BCUT2D eigenvalue weighted by Gasteiger charge is 2.18. The van der Waals surface area contributed by atoms with E-state index in [9.17, 15) is 4.79 Å². The largest absolute Gasteiger partial charge is 0.481 e. The van der Waals surface area contributed by atoms with Crippen LogP contribution in [0, 0.1) is 0 Å². The summed E-state index contributed by atoms with van der Waals surface area (Å²) in [7, 11) is 1.55. The van der Waals surface area contributed by atoms with Crippen molar-refractivity contribution in [3.8, 4) is 5.88 Å². The molecular formula is C18H24N6O2. The summed E-state index contributed by atoms with van der Waals surface area (Å²) in [5, 5.41) is 2.93. The van der Waals surface area contributed by atoms with Gasteiger partial charge in [0.15, 0.2) is 0 Å². The van der Waals surface area contributed by atoms with Crippen LogP contribution in [0.3, 0.4) is 0 Å². The fraction of sp³-hybridized carbons (Fsp3) is 0.444. The van der Waals surface area contributed by atoms with Crippen LogP contribution in [0.5, 0.6) is 5.88 Å². The van der Waals surface area contributed by atoms with Crippen molar-refractivity contribution in [3.63, 3.8) is 0 Å². The molecule has 1 aliphatic heterocycles. The lowest BCUT2D eigenvalue weighted by Crippen LogP contribution is -2.47. The van der Waals surface area contributed by atoms with Crippen LogP contribution >= 0.6 is 0 Å². The zero-order chi connectivity index (χ0) is 18.2. The summed E-state index contributed by atoms with van der Waals surface area (Å²) in [4.78, 5) is 29.3. The number of methoxy groups -OCH3 is 1. The number of hydrogen-bond donors (Lipinski definition) is 1. The molecular weight excluding hydrogens is 332 g/mol. The van der Waals surface area contributed by atoms with Crippen LogP contribution < -0.4 is 15.0 Å². The summed E-state index contributed by atoms with van der Waals surface area (Å²) in [6.45, 7) is 5.42. The van der Waals surface area contributed by atoms with Gasteiger partial charge < -0.3 is 15.0 Å². The molecule has 1 fully saturated rings. The Morgan fingerprint density at radius 1 is 1.15 bits per heavy atom. The molecule has 8 heteroatoms. The number of ether oxygens (including phenoxy) is 1. The maximum absolute atomic E-state index is 12.1. The van der Waals surface area contributed by atoms with E-state index < -0.39 is 0 Å². The lowest BCUT2D eigenvalue weighted by molar-refractivity contribution is 0.0951. The van der Waals surface area contributed by atoms with E-state index in [4.69, 9.17) is 4.74 Å². The molecule has 0 bridgehead atoms. The molecule has 0 spiro atoms. The monoisotopic (exact) mass is 356 g/mol. The number of nitrogens with one attached hydrogen (secondary N) is 1. The standard InChI is InChI=1S/C18H24N6O2/c1-26-16-5-4-15(14-22-16)17(25)19-8-3-9-23-10-12-24(13-11-23)18-20-6-2-7-21-18/h2,4-7,14H,3,8-13H2,1H3,(H,19,25). The Morgan fingerprint density at radius 2 is 1.92 bits per heavy atom. The smallest absolute Gasteiger partial charge is 0.252 e. The van der Waals surface area contributed by atoms with Gasteiger partial charge in [-0.15, -0.1) is 0 Å². The van der Waals surface area contributed by atoms with Gasteiger partial charge in [0.05, 0.1) is 12.7 Å². The first-order valence-electron chi connectivity index (χ1n) is 8.79. The first-order chi connectivity index (χ1) is 12.8. The Labute approximate surface area is 153 Å². The minimum Gasteiger partial charge on any atom is -0.481 e. The summed E-state index contributed by atoms with van der Waals surface area (Å²) >= 11 is 0. The summed E-state index contributed by atoms with van der Waals surface area (Å²) in [5.41, 5.74) is 0.544. The first-order valence-corrected chi connectivity index (χ1v) is 8.79. The SMILES string of the molecule is COc1ccc(C(=O)NCCCN2CCN(c3ncccn3)CC2)cn1. The van der Waals surface area contributed by atoms with E-state index in [2.05, 4.69) is 30.1 Å². The van der Waals surface area contributed by atoms with Crippen LogP contribution in [0.1, 0.15) is 16.8 Å². The van der Waals surface area contributed by atoms with E-state index in [0.717, 1.165) is 45.1 Å². The third kappa shape index (κ3) is 4.89. The molecule has 0 aliphatic carbocycles. The lowest BCUT2D eigenvalue weighted by atomic mass is 10.2. The normalized spacial score (nSPS) is 14.9. The van der Waals surface area contributed by atoms with E-state index in [1.54, 1.807) is 31.6 Å². The molecule has 1 saturated heterocycles. The molecule has 1 aliphatic rings. The van der Waals surface area contributed by atoms with E-state index in [-0.39, 0.29) is 5.91 Å². The lowest BCUT2D eigenvalue weighted by Gasteiger charge is -2.34. The third-order valence-corrected chi connectivity index (χ3v) is 4.35. The highest BCUT2D eigenvalue weighted by molar-refractivity contribution is 5.93. The molecule has 3 heterocycles. The second-order valence-corrected chi connectivity index (χ2v) is 6.08. The van der Waals surface area contributed by atoms with E-state index in [1.807, 2.05) is 6.07 Å². The Balaban J connectivity index is 1.33. The van der Waals surface area contributed by atoms with Gasteiger partial charge in [0.2, 0.25) is 11.8 Å². The van der Waals surface area contributed by atoms with Gasteiger partial charge in [-0.2, -0.15) is 0 Å². The van der Waals surface area contributed by atoms with Crippen molar-refractivity contribution in [1.82, 2.24) is 25.2 Å². The van der Waals surface area contributed by atoms with Gasteiger partial charge in [0.25, 0.3) is 5.91 Å². The third-order valence-electron chi connectivity index (χ3n) is 4.35. The molecule has 1 amide bonds. The predicted molar refractivity (Wildman–Crippen MR) is 98.4 cm³/mol. The topological polar surface area (TPSA) is 83.5 Å². The van der Waals surface area contributed by atoms with Gasteiger partial charge >= 0.3 is 0 Å². The highest BCUT2D eigenvalue weighted by Crippen LogP contribution is 2.10. The minimum atomic E-state index is -0.105. The molecule has 3 rings (SSSR count). The molecule has 26 heavy (non-hydrogen) atoms. The second-order valence-electron chi connectivity index (χ2n) is 6.08. The van der Waals surface area contributed by atoms with Crippen LogP contribution in [0.15, 0.2) is 36.8 Å². The summed E-state index contributed by atoms with van der Waals surface area (Å²) in [6, 6.07) is 5.23. The summed E-state index contributed by atoms with van der Waals surface area (Å²) in [6.07, 6.45) is 5.99. The number of piperazine rings is 1. The van der Waals surface area contributed by atoms with Gasteiger partial charge in [-0.05, 0) is 25.1 Å². The molecule has 8 nitrogen and oxygen atoms in total. The van der Waals surface area contributed by atoms with Crippen LogP contribution in [0.2, 0.25) is 0 Å². The van der Waals surface area contributed by atoms with Gasteiger partial charge in [-0.3, -0.25) is 9.69 Å². The molecule has 1 N–H and O–H groups in total. The van der Waals surface area contributed by atoms with Crippen molar-refractivity contribution in [2.75, 3.05) is 51.3 Å². The maximum Gasteiger partial charge on any atom is 0.252 e. The van der Waals surface area contributed by atoms with Crippen molar-refractivity contribution in [1.29, 1.82) is 0 Å². The van der Waals surface area contributed by atoms with Gasteiger partial charge in [0.1, 0.15) is 0 Å². The van der Waals surface area contributed by atoms with Crippen molar-refractivity contribution >= 4 is 11.9 Å². The van der Waals surface area contributed by atoms with E-state index >= 15 is 0 Å². The van der Waals surface area contributed by atoms with Gasteiger partial charge in [0, 0.05) is 57.4 Å². The van der Waals surface area contributed by atoms with Crippen molar-refractivity contribution in [3.05, 3.63) is 42.4 Å². The van der Waals surface area contributed by atoms with Crippen LogP contribution in [0.4, 0.5) is 5.95 Å². The Kier molecular flexibility index (Phi) is 6.32. The number of anilines is 1. The number of carbonyl (C=O) groups is 1. The molecule has 138 valence electrons. The second kappa shape index (κ2) is 9.10. The highest BCUT2D eigenvalue weighted by atomic mass is 16.5. The Morgan fingerprint density at radius 3 is 2.58 bits per heavy atom. The molecule has 0 radical (unpaired) electrons. The molecule has 0 unspecified atom stereocenters. The fourth-order valence-electron chi connectivity index (χ4n) is 2.87. The summed E-state index contributed by atoms with van der Waals surface area (Å²) in [5.74, 6) is 1.19. The predicted octanol–water partition coefficient (Wildman–Crippen LogP) is 0.822. The average Bonchev–Trinajstić information content (AvgIpc) is 2.72. The van der Waals surface area contributed by atoms with Crippen molar-refractivity contribution in [2.45, 2.75) is 6.42 Å². The van der Waals surface area contributed by atoms with E-state index in [1.165, 1.54) is 6.20 Å². The zero-order valence-corrected chi connectivity index (χ0v) is 15.0. The van der Waals surface area contributed by atoms with Gasteiger partial charge in [-0.1, -0.05) is 0 Å². The molecule has 2 aromatic rings. The number of aromatic nitrogens is 3. The van der Waals surface area contributed by atoms with Crippen LogP contribution in [-0.4, -0.2) is 72.1 Å². The van der Waals surface area contributed by atoms with Crippen molar-refractivity contribution in [2.24, 2.45) is 0 Å². The molecule has 0 aromatic carbocycles. The number of amides is 1. The molecule has 0 saturated carbocycles. The van der Waals surface area contributed by atoms with Crippen molar-refractivity contribution < 1.29 is 9.53 Å². The fourth-order valence-corrected chi connectivity index (χ4v) is 2.87. The van der Waals surface area contributed by atoms with Crippen LogP contribution in [0.25, 0.3) is 0 Å². The number of hydrogen-bond acceptors (Lipinski definition) is 7. The quantitative estimate of drug-likeness (QED) is 0.736. The van der Waals surface area contributed by atoms with Gasteiger partial charge in [-0.25, -0.2) is 15.0 Å².